The highest BCUT2D eigenvalue weighted by molar-refractivity contribution is 7.81. The molecule has 0 aromatic heterocycles. The van der Waals surface area contributed by atoms with Gasteiger partial charge in [-0.3, -0.25) is 0 Å². The first-order chi connectivity index (χ1) is 12.4. The van der Waals surface area contributed by atoms with Gasteiger partial charge in [0, 0.05) is 6.61 Å². The van der Waals surface area contributed by atoms with E-state index < -0.39 is 16.5 Å². The molecular weight excluding hydrogens is 356 g/mol. The van der Waals surface area contributed by atoms with E-state index >= 15 is 0 Å². The summed E-state index contributed by atoms with van der Waals surface area (Å²) in [6.07, 6.45) is 8.05. The third-order valence-corrected chi connectivity index (χ3v) is 5.34. The van der Waals surface area contributed by atoms with Gasteiger partial charge in [0.2, 0.25) is 0 Å². The van der Waals surface area contributed by atoms with Crippen LogP contribution in [-0.4, -0.2) is 34.3 Å². The lowest BCUT2D eigenvalue weighted by molar-refractivity contribution is -0.221. The van der Waals surface area contributed by atoms with Crippen molar-refractivity contribution >= 4 is 10.4 Å². The molecule has 26 heavy (non-hydrogen) atoms. The molecule has 0 N–H and O–H groups in total. The minimum Gasteiger partial charge on any atom is -0.378 e. The molecule has 0 saturated heterocycles. The van der Waals surface area contributed by atoms with Gasteiger partial charge in [-0.25, -0.2) is 9.07 Å². The van der Waals surface area contributed by atoms with Crippen LogP contribution in [0.25, 0.3) is 0 Å². The Bertz CT molecular complexity index is 412. The van der Waals surface area contributed by atoms with Crippen molar-refractivity contribution in [1.29, 1.82) is 0 Å². The Balaban J connectivity index is 4.04. The van der Waals surface area contributed by atoms with Gasteiger partial charge in [0.1, 0.15) is 0 Å². The lowest BCUT2D eigenvalue weighted by Crippen LogP contribution is -2.24. The standard InChI is InChI=1S/C19H40O6S/c1-6-10-12-18(8-3)15-22-14-17(5)24-26(20,21)25-23-16-19(9-4)13-11-7-2/h17-19H,6-16H2,1-5H3. The average Bonchev–Trinajstić information content (AvgIpc) is 2.60. The van der Waals surface area contributed by atoms with Crippen LogP contribution < -0.4 is 0 Å². The van der Waals surface area contributed by atoms with Crippen LogP contribution in [0.2, 0.25) is 0 Å². The maximum atomic E-state index is 11.8. The van der Waals surface area contributed by atoms with Crippen molar-refractivity contribution in [3.05, 3.63) is 0 Å². The SMILES string of the molecule is CCCCC(CC)COCC(C)OS(=O)(=O)OOCC(CC)CCCC. The fourth-order valence-electron chi connectivity index (χ4n) is 2.62. The Labute approximate surface area is 161 Å². The van der Waals surface area contributed by atoms with E-state index in [9.17, 15) is 8.42 Å². The van der Waals surface area contributed by atoms with E-state index in [0.29, 0.717) is 18.4 Å². The molecule has 0 aliphatic rings. The van der Waals surface area contributed by atoms with E-state index in [1.807, 2.05) is 0 Å². The highest BCUT2D eigenvalue weighted by Gasteiger charge is 2.20. The smallest absolute Gasteiger partial charge is 0.378 e. The van der Waals surface area contributed by atoms with Gasteiger partial charge in [-0.1, -0.05) is 70.6 Å². The minimum atomic E-state index is -4.18. The molecule has 0 aromatic rings. The van der Waals surface area contributed by atoms with E-state index in [4.69, 9.17) is 13.8 Å². The number of rotatable bonds is 18. The zero-order valence-electron chi connectivity index (χ0n) is 17.4. The van der Waals surface area contributed by atoms with Crippen LogP contribution in [0.5, 0.6) is 0 Å². The van der Waals surface area contributed by atoms with E-state index in [0.717, 1.165) is 38.5 Å². The van der Waals surface area contributed by atoms with E-state index in [2.05, 4.69) is 32.0 Å². The van der Waals surface area contributed by atoms with Gasteiger partial charge in [-0.15, -0.1) is 0 Å². The summed E-state index contributed by atoms with van der Waals surface area (Å²) < 4.78 is 38.6. The van der Waals surface area contributed by atoms with Crippen molar-refractivity contribution in [3.63, 3.8) is 0 Å². The number of unbranched alkanes of at least 4 members (excludes halogenated alkanes) is 2. The van der Waals surface area contributed by atoms with Crippen molar-refractivity contribution in [2.75, 3.05) is 19.8 Å². The first-order valence-electron chi connectivity index (χ1n) is 10.2. The Morgan fingerprint density at radius 1 is 0.808 bits per heavy atom. The Hall–Kier alpha value is -0.210. The molecule has 0 aromatic carbocycles. The topological polar surface area (TPSA) is 71.1 Å². The third kappa shape index (κ3) is 13.9. The number of ether oxygens (including phenoxy) is 1. The van der Waals surface area contributed by atoms with Crippen molar-refractivity contribution in [1.82, 2.24) is 0 Å². The van der Waals surface area contributed by atoms with Crippen molar-refractivity contribution < 1.29 is 26.6 Å². The Morgan fingerprint density at radius 2 is 1.35 bits per heavy atom. The lowest BCUT2D eigenvalue weighted by Gasteiger charge is -2.17. The van der Waals surface area contributed by atoms with Crippen LogP contribution in [0.1, 0.15) is 86.0 Å². The second-order valence-corrected chi connectivity index (χ2v) is 8.18. The zero-order valence-corrected chi connectivity index (χ0v) is 18.2. The van der Waals surface area contributed by atoms with Gasteiger partial charge >= 0.3 is 10.4 Å². The van der Waals surface area contributed by atoms with Gasteiger partial charge < -0.3 is 4.74 Å². The Morgan fingerprint density at radius 3 is 1.85 bits per heavy atom. The zero-order chi connectivity index (χ0) is 19.8. The number of hydrogen-bond acceptors (Lipinski definition) is 6. The molecule has 0 spiro atoms. The summed E-state index contributed by atoms with van der Waals surface area (Å²) in [6.45, 7) is 11.2. The predicted octanol–water partition coefficient (Wildman–Crippen LogP) is 5.03. The molecular formula is C19H40O6S. The minimum absolute atomic E-state index is 0.208. The molecule has 0 heterocycles. The third-order valence-electron chi connectivity index (χ3n) is 4.51. The maximum Gasteiger partial charge on any atom is 0.426 e. The molecule has 6 nitrogen and oxygen atoms in total. The first-order valence-corrected chi connectivity index (χ1v) is 11.5. The summed E-state index contributed by atoms with van der Waals surface area (Å²) >= 11 is 0. The molecule has 3 unspecified atom stereocenters. The summed E-state index contributed by atoms with van der Waals surface area (Å²) in [5.41, 5.74) is 0. The van der Waals surface area contributed by atoms with Crippen LogP contribution in [-0.2, 0) is 28.5 Å². The fourth-order valence-corrected chi connectivity index (χ4v) is 3.29. The summed E-state index contributed by atoms with van der Waals surface area (Å²) in [4.78, 5) is 4.90. The molecule has 0 amide bonds. The first kappa shape index (κ1) is 25.8. The van der Waals surface area contributed by atoms with Crippen LogP contribution in [0, 0.1) is 11.8 Å². The highest BCUT2D eigenvalue weighted by atomic mass is 32.3. The molecule has 0 aliphatic heterocycles. The molecule has 3 atom stereocenters. The van der Waals surface area contributed by atoms with E-state index in [1.165, 1.54) is 12.8 Å². The molecule has 0 rings (SSSR count). The second kappa shape index (κ2) is 15.8. The van der Waals surface area contributed by atoms with Crippen LogP contribution in [0.15, 0.2) is 0 Å². The van der Waals surface area contributed by atoms with Gasteiger partial charge in [-0.05, 0) is 31.6 Å². The van der Waals surface area contributed by atoms with Crippen molar-refractivity contribution in [3.8, 4) is 0 Å². The molecule has 0 bridgehead atoms. The van der Waals surface area contributed by atoms with Crippen LogP contribution in [0.4, 0.5) is 0 Å². The largest absolute Gasteiger partial charge is 0.426 e. The lowest BCUT2D eigenvalue weighted by atomic mass is 10.0. The quantitative estimate of drug-likeness (QED) is 0.239. The molecule has 7 heteroatoms. The van der Waals surface area contributed by atoms with Crippen molar-refractivity contribution in [2.45, 2.75) is 92.1 Å². The summed E-state index contributed by atoms with van der Waals surface area (Å²) in [6, 6.07) is 0. The van der Waals surface area contributed by atoms with E-state index in [1.54, 1.807) is 6.92 Å². The number of hydrogen-bond donors (Lipinski definition) is 0. The van der Waals surface area contributed by atoms with E-state index in [-0.39, 0.29) is 13.2 Å². The van der Waals surface area contributed by atoms with Crippen LogP contribution >= 0.6 is 0 Å². The molecule has 0 saturated carbocycles. The summed E-state index contributed by atoms with van der Waals surface area (Å²) in [5.74, 6) is 0.799. The average molecular weight is 397 g/mol. The highest BCUT2D eigenvalue weighted by Crippen LogP contribution is 2.15. The predicted molar refractivity (Wildman–Crippen MR) is 104 cm³/mol. The summed E-state index contributed by atoms with van der Waals surface area (Å²) in [7, 11) is -4.18. The molecule has 0 radical (unpaired) electrons. The fraction of sp³-hybridized carbons (Fsp3) is 1.00. The van der Waals surface area contributed by atoms with Gasteiger partial charge in [0.25, 0.3) is 0 Å². The second-order valence-electron chi connectivity index (χ2n) is 7.04. The normalized spacial score (nSPS) is 15.7. The van der Waals surface area contributed by atoms with Gasteiger partial charge in [-0.2, -0.15) is 8.42 Å². The van der Waals surface area contributed by atoms with Crippen molar-refractivity contribution in [2.24, 2.45) is 11.8 Å². The Kier molecular flexibility index (Phi) is 15.7. The maximum absolute atomic E-state index is 11.8. The molecule has 0 fully saturated rings. The van der Waals surface area contributed by atoms with Gasteiger partial charge in [0.15, 0.2) is 0 Å². The monoisotopic (exact) mass is 396 g/mol. The molecule has 158 valence electrons. The van der Waals surface area contributed by atoms with Gasteiger partial charge in [0.05, 0.1) is 19.3 Å². The van der Waals surface area contributed by atoms with Crippen LogP contribution in [0.3, 0.4) is 0 Å². The summed E-state index contributed by atoms with van der Waals surface area (Å²) in [5, 5.41) is 0. The molecule has 0 aliphatic carbocycles.